The van der Waals surface area contributed by atoms with Crippen molar-refractivity contribution in [3.63, 3.8) is 0 Å². The van der Waals surface area contributed by atoms with E-state index in [2.05, 4.69) is 62.3 Å². The van der Waals surface area contributed by atoms with Gasteiger partial charge in [0, 0.05) is 24.8 Å². The lowest BCUT2D eigenvalue weighted by molar-refractivity contribution is -0.196. The monoisotopic (exact) mass is 655 g/mol. The Morgan fingerprint density at radius 2 is 1.54 bits per heavy atom. The molecular formula is C36H50ClN3O6. The molecule has 2 aliphatic heterocycles. The SMILES string of the molecule is CCc1cn(C[C@H](COc2ccc(C(C)(C)c3ccc(OC[C@@H](CCl)OC4CCCCO4)c(C)c3)cc2)OC2CCCCO2)nn1. The fourth-order valence-electron chi connectivity index (χ4n) is 5.83. The van der Waals surface area contributed by atoms with Crippen molar-refractivity contribution in [2.75, 3.05) is 32.3 Å². The molecule has 0 spiro atoms. The molecule has 0 saturated carbocycles. The van der Waals surface area contributed by atoms with Crippen molar-refractivity contribution < 1.29 is 28.4 Å². The third-order valence-corrected chi connectivity index (χ3v) is 9.15. The molecule has 2 fully saturated rings. The van der Waals surface area contributed by atoms with E-state index in [1.165, 1.54) is 11.1 Å². The predicted molar refractivity (Wildman–Crippen MR) is 178 cm³/mol. The van der Waals surface area contributed by atoms with Gasteiger partial charge in [-0.05, 0) is 86.8 Å². The smallest absolute Gasteiger partial charge is 0.158 e. The summed E-state index contributed by atoms with van der Waals surface area (Å²) in [5.41, 5.74) is 4.19. The van der Waals surface area contributed by atoms with Crippen molar-refractivity contribution in [2.24, 2.45) is 0 Å². The van der Waals surface area contributed by atoms with Gasteiger partial charge in [0.2, 0.25) is 0 Å². The van der Waals surface area contributed by atoms with Crippen LogP contribution in [0.1, 0.15) is 81.7 Å². The van der Waals surface area contributed by atoms with Crippen molar-refractivity contribution >= 4 is 11.6 Å². The number of rotatable bonds is 16. The number of benzene rings is 2. The van der Waals surface area contributed by atoms with Crippen molar-refractivity contribution in [3.05, 3.63) is 71.0 Å². The maximum absolute atomic E-state index is 6.32. The zero-order valence-electron chi connectivity index (χ0n) is 27.8. The maximum Gasteiger partial charge on any atom is 0.158 e. The molecule has 0 aliphatic carbocycles. The van der Waals surface area contributed by atoms with Gasteiger partial charge in [-0.2, -0.15) is 0 Å². The van der Waals surface area contributed by atoms with E-state index in [9.17, 15) is 0 Å². The highest BCUT2D eigenvalue weighted by Crippen LogP contribution is 2.35. The van der Waals surface area contributed by atoms with Crippen LogP contribution in [0.2, 0.25) is 0 Å². The van der Waals surface area contributed by atoms with Crippen molar-refractivity contribution in [1.29, 1.82) is 0 Å². The lowest BCUT2D eigenvalue weighted by Gasteiger charge is -2.29. The van der Waals surface area contributed by atoms with Gasteiger partial charge in [0.15, 0.2) is 12.6 Å². The highest BCUT2D eigenvalue weighted by Gasteiger charge is 2.26. The van der Waals surface area contributed by atoms with Gasteiger partial charge in [-0.15, -0.1) is 16.7 Å². The molecule has 0 N–H and O–H groups in total. The minimum Gasteiger partial charge on any atom is -0.491 e. The molecule has 2 unspecified atom stereocenters. The number of hydrogen-bond acceptors (Lipinski definition) is 8. The van der Waals surface area contributed by atoms with E-state index in [-0.39, 0.29) is 30.2 Å². The average Bonchev–Trinajstić information content (AvgIpc) is 3.54. The first-order valence-corrected chi connectivity index (χ1v) is 17.3. The molecule has 10 heteroatoms. The molecule has 4 atom stereocenters. The fourth-order valence-corrected chi connectivity index (χ4v) is 5.99. The standard InChI is InChI=1S/C36H50ClN3O6/c1-5-29-22-40(39-38-29)23-32(46-35-11-7-9-19-42-35)25-43-30-15-12-27(13-16-30)36(3,4)28-14-17-33(26(2)20-28)44-24-31(21-37)45-34-10-6-8-18-41-34/h12-17,20,22,31-32,34-35H,5-11,18-19,21,23-25H2,1-4H3/t31-,32-,34?,35?/m1/s1. The van der Waals surface area contributed by atoms with Gasteiger partial charge in [0.1, 0.15) is 36.9 Å². The van der Waals surface area contributed by atoms with Gasteiger partial charge in [-0.25, -0.2) is 4.68 Å². The highest BCUT2D eigenvalue weighted by molar-refractivity contribution is 6.18. The first-order valence-electron chi connectivity index (χ1n) is 16.8. The molecule has 2 aromatic carbocycles. The summed E-state index contributed by atoms with van der Waals surface area (Å²) in [5, 5.41) is 8.49. The van der Waals surface area contributed by atoms with Crippen LogP contribution in [0.15, 0.2) is 48.7 Å². The van der Waals surface area contributed by atoms with E-state index in [1.807, 2.05) is 29.1 Å². The average molecular weight is 656 g/mol. The number of hydrogen-bond donors (Lipinski definition) is 0. The molecule has 2 aliphatic rings. The lowest BCUT2D eigenvalue weighted by atomic mass is 9.77. The topological polar surface area (TPSA) is 86.1 Å². The first kappa shape index (κ1) is 34.6. The molecule has 3 heterocycles. The van der Waals surface area contributed by atoms with Gasteiger partial charge in [-0.3, -0.25) is 0 Å². The Balaban J connectivity index is 1.17. The summed E-state index contributed by atoms with van der Waals surface area (Å²) >= 11 is 6.18. The molecule has 46 heavy (non-hydrogen) atoms. The lowest BCUT2D eigenvalue weighted by Crippen LogP contribution is -2.34. The van der Waals surface area contributed by atoms with E-state index >= 15 is 0 Å². The molecular weight excluding hydrogens is 606 g/mol. The Bertz CT molecular complexity index is 1340. The highest BCUT2D eigenvalue weighted by atomic mass is 35.5. The number of halogens is 1. The van der Waals surface area contributed by atoms with E-state index in [4.69, 9.17) is 40.0 Å². The Morgan fingerprint density at radius 3 is 2.13 bits per heavy atom. The van der Waals surface area contributed by atoms with Crippen LogP contribution in [0, 0.1) is 6.92 Å². The van der Waals surface area contributed by atoms with E-state index in [0.29, 0.717) is 25.6 Å². The van der Waals surface area contributed by atoms with Gasteiger partial charge in [-0.1, -0.05) is 50.3 Å². The zero-order valence-corrected chi connectivity index (χ0v) is 28.5. The molecule has 5 rings (SSSR count). The molecule has 2 saturated heterocycles. The normalized spacial score (nSPS) is 20.3. The molecule has 3 aromatic rings. The Hall–Kier alpha value is -2.69. The van der Waals surface area contributed by atoms with Crippen LogP contribution < -0.4 is 9.47 Å². The number of aromatic nitrogens is 3. The summed E-state index contributed by atoms with van der Waals surface area (Å²) in [5.74, 6) is 1.98. The van der Waals surface area contributed by atoms with Gasteiger partial charge in [0.25, 0.3) is 0 Å². The minimum absolute atomic E-state index is 0.193. The maximum atomic E-state index is 6.32. The van der Waals surface area contributed by atoms with Gasteiger partial charge in [0.05, 0.1) is 18.1 Å². The number of alkyl halides is 1. The van der Waals surface area contributed by atoms with Crippen LogP contribution in [0.3, 0.4) is 0 Å². The minimum atomic E-state index is -0.226. The van der Waals surface area contributed by atoms with Crippen LogP contribution in [0.5, 0.6) is 11.5 Å². The molecule has 252 valence electrons. The van der Waals surface area contributed by atoms with Crippen molar-refractivity contribution in [3.8, 4) is 11.5 Å². The number of ether oxygens (including phenoxy) is 6. The fraction of sp³-hybridized carbons (Fsp3) is 0.611. The molecule has 0 bridgehead atoms. The summed E-state index contributed by atoms with van der Waals surface area (Å²) < 4.78 is 38.1. The van der Waals surface area contributed by atoms with Crippen LogP contribution >= 0.6 is 11.6 Å². The predicted octanol–water partition coefficient (Wildman–Crippen LogP) is 7.00. The molecule has 1 aromatic heterocycles. The van der Waals surface area contributed by atoms with E-state index in [1.54, 1.807) is 0 Å². The summed E-state index contributed by atoms with van der Waals surface area (Å²) in [7, 11) is 0. The van der Waals surface area contributed by atoms with Crippen LogP contribution in [-0.4, -0.2) is 72.1 Å². The number of aryl methyl sites for hydroxylation is 2. The Labute approximate surface area is 278 Å². The van der Waals surface area contributed by atoms with Gasteiger partial charge < -0.3 is 28.4 Å². The summed E-state index contributed by atoms with van der Waals surface area (Å²) in [6.45, 7) is 11.4. The number of nitrogens with zero attached hydrogens (tertiary/aromatic N) is 3. The van der Waals surface area contributed by atoms with Crippen LogP contribution in [-0.2, 0) is 37.3 Å². The summed E-state index contributed by atoms with van der Waals surface area (Å²) in [4.78, 5) is 0. The second-order valence-corrected chi connectivity index (χ2v) is 13.1. The summed E-state index contributed by atoms with van der Waals surface area (Å²) in [6, 6.07) is 14.7. The quantitative estimate of drug-likeness (QED) is 0.153. The zero-order chi connectivity index (χ0) is 32.4. The van der Waals surface area contributed by atoms with Crippen LogP contribution in [0.4, 0.5) is 0 Å². The van der Waals surface area contributed by atoms with Gasteiger partial charge >= 0.3 is 0 Å². The molecule has 9 nitrogen and oxygen atoms in total. The largest absolute Gasteiger partial charge is 0.491 e. The first-order chi connectivity index (χ1) is 22.3. The third-order valence-electron chi connectivity index (χ3n) is 8.81. The Kier molecular flexibility index (Phi) is 12.7. The van der Waals surface area contributed by atoms with Crippen molar-refractivity contribution in [2.45, 2.75) is 109 Å². The second kappa shape index (κ2) is 16.9. The van der Waals surface area contributed by atoms with E-state index < -0.39 is 0 Å². The molecule has 0 amide bonds. The second-order valence-electron chi connectivity index (χ2n) is 12.8. The Morgan fingerprint density at radius 1 is 0.891 bits per heavy atom. The summed E-state index contributed by atoms with van der Waals surface area (Å²) in [6.07, 6.45) is 8.12. The van der Waals surface area contributed by atoms with E-state index in [0.717, 1.165) is 80.9 Å². The molecule has 0 radical (unpaired) electrons. The van der Waals surface area contributed by atoms with Crippen LogP contribution in [0.25, 0.3) is 0 Å². The van der Waals surface area contributed by atoms with Crippen molar-refractivity contribution in [1.82, 2.24) is 15.0 Å². The third kappa shape index (κ3) is 9.67.